The SMILES string of the molecule is CCOC(=O)C[C@H](CCCCCCc1ccc2c(n1)N(C(=O)OC(C)(C)C)CCC2)c1cnc(CCCO[Si](c2ccccc2)(c2ccccc2)C(C)(C)C)nc1. The molecule has 9 nitrogen and oxygen atoms in total. The van der Waals surface area contributed by atoms with Crippen molar-refractivity contribution < 1.29 is 23.5 Å². The average molecular weight is 793 g/mol. The number of aryl methyl sites for hydroxylation is 3. The molecule has 5 rings (SSSR count). The maximum atomic E-state index is 12.9. The summed E-state index contributed by atoms with van der Waals surface area (Å²) in [6, 6.07) is 25.7. The van der Waals surface area contributed by atoms with Crippen molar-refractivity contribution in [3.63, 3.8) is 0 Å². The Hall–Kier alpha value is -4.41. The van der Waals surface area contributed by atoms with Crippen molar-refractivity contribution in [3.8, 4) is 0 Å². The van der Waals surface area contributed by atoms with Gasteiger partial charge in [-0.2, -0.15) is 0 Å². The largest absolute Gasteiger partial charge is 0.466 e. The zero-order valence-corrected chi connectivity index (χ0v) is 36.4. The lowest BCUT2D eigenvalue weighted by Crippen LogP contribution is -2.66. The summed E-state index contributed by atoms with van der Waals surface area (Å²) in [5.74, 6) is 1.33. The van der Waals surface area contributed by atoms with E-state index in [1.165, 1.54) is 10.4 Å². The van der Waals surface area contributed by atoms with E-state index in [0.29, 0.717) is 32.6 Å². The van der Waals surface area contributed by atoms with Gasteiger partial charge in [0.1, 0.15) is 17.2 Å². The highest BCUT2D eigenvalue weighted by Gasteiger charge is 2.50. The van der Waals surface area contributed by atoms with Crippen LogP contribution in [-0.2, 0) is 38.0 Å². The number of fused-ring (bicyclic) bond motifs is 1. The first kappa shape index (κ1) is 43.7. The molecule has 1 aliphatic rings. The molecule has 306 valence electrons. The highest BCUT2D eigenvalue weighted by molar-refractivity contribution is 6.99. The van der Waals surface area contributed by atoms with E-state index >= 15 is 0 Å². The number of benzene rings is 2. The lowest BCUT2D eigenvalue weighted by molar-refractivity contribution is -0.143. The molecule has 0 radical (unpaired) electrons. The van der Waals surface area contributed by atoms with Gasteiger partial charge in [-0.05, 0) is 105 Å². The first-order chi connectivity index (χ1) is 27.3. The number of carbonyl (C=O) groups is 2. The fourth-order valence-corrected chi connectivity index (χ4v) is 12.5. The molecule has 0 N–H and O–H groups in total. The van der Waals surface area contributed by atoms with E-state index in [1.807, 2.05) is 40.1 Å². The molecule has 2 aromatic carbocycles. The Balaban J connectivity index is 1.13. The molecule has 2 aromatic heterocycles. The number of carbonyl (C=O) groups excluding carboxylic acids is 2. The van der Waals surface area contributed by atoms with Crippen LogP contribution in [0.5, 0.6) is 0 Å². The molecule has 0 saturated heterocycles. The van der Waals surface area contributed by atoms with Crippen LogP contribution in [0, 0.1) is 0 Å². The fraction of sp³-hybridized carbons (Fsp3) is 0.511. The molecule has 0 bridgehead atoms. The van der Waals surface area contributed by atoms with Gasteiger partial charge in [-0.15, -0.1) is 0 Å². The van der Waals surface area contributed by atoms with E-state index < -0.39 is 13.9 Å². The highest BCUT2D eigenvalue weighted by Crippen LogP contribution is 2.37. The number of amides is 1. The average Bonchev–Trinajstić information content (AvgIpc) is 3.18. The van der Waals surface area contributed by atoms with Gasteiger partial charge >= 0.3 is 12.1 Å². The van der Waals surface area contributed by atoms with Crippen molar-refractivity contribution in [2.45, 2.75) is 136 Å². The normalized spacial score (nSPS) is 13.8. The number of nitrogens with zero attached hydrogens (tertiary/aromatic N) is 4. The molecule has 10 heteroatoms. The fourth-order valence-electron chi connectivity index (χ4n) is 7.89. The minimum atomic E-state index is -2.60. The predicted molar refractivity (Wildman–Crippen MR) is 231 cm³/mol. The number of anilines is 1. The van der Waals surface area contributed by atoms with Gasteiger partial charge in [0.25, 0.3) is 8.32 Å². The first-order valence-electron chi connectivity index (χ1n) is 21.0. The standard InChI is InChI=1S/C47H64N4O5Si/c1-8-54-43(52)33-37(21-13-9-10-14-23-39-30-29-36-22-19-31-51(44(36)50-39)45(53)56-46(2,3)4)38-34-48-42(49-35-38)28-20-32-55-57(47(5,6)7,40-24-15-11-16-25-40)41-26-17-12-18-27-41/h11-12,15-18,24-27,29-30,34-35,37H,8-10,13-14,19-23,28,31-33H2,1-7H3/t37-/m0/s1. The number of unbranched alkanes of at least 4 members (excludes halogenated alkanes) is 3. The molecular formula is C47H64N4O5Si. The molecule has 1 aliphatic heterocycles. The van der Waals surface area contributed by atoms with Gasteiger partial charge in [-0.3, -0.25) is 9.69 Å². The highest BCUT2D eigenvalue weighted by atomic mass is 28.4. The Morgan fingerprint density at radius 2 is 1.46 bits per heavy atom. The molecule has 0 spiro atoms. The second-order valence-electron chi connectivity index (χ2n) is 17.2. The predicted octanol–water partition coefficient (Wildman–Crippen LogP) is 9.30. The van der Waals surface area contributed by atoms with Crippen LogP contribution in [0.15, 0.2) is 85.2 Å². The van der Waals surface area contributed by atoms with Gasteiger partial charge in [0.2, 0.25) is 0 Å². The zero-order chi connectivity index (χ0) is 40.9. The third-order valence-corrected chi connectivity index (χ3v) is 15.7. The van der Waals surface area contributed by atoms with Crippen LogP contribution >= 0.6 is 0 Å². The van der Waals surface area contributed by atoms with Crippen LogP contribution in [0.25, 0.3) is 0 Å². The second-order valence-corrected chi connectivity index (χ2v) is 21.5. The van der Waals surface area contributed by atoms with E-state index in [9.17, 15) is 9.59 Å². The number of ether oxygens (including phenoxy) is 2. The topological polar surface area (TPSA) is 104 Å². The number of rotatable bonds is 18. The molecule has 0 aliphatic carbocycles. The van der Waals surface area contributed by atoms with Gasteiger partial charge in [-0.25, -0.2) is 19.7 Å². The Labute approximate surface area is 342 Å². The van der Waals surface area contributed by atoms with Gasteiger partial charge in [-0.1, -0.05) is 107 Å². The molecule has 57 heavy (non-hydrogen) atoms. The monoisotopic (exact) mass is 792 g/mol. The maximum Gasteiger partial charge on any atom is 0.416 e. The molecule has 1 atom stereocenters. The number of aromatic nitrogens is 3. The van der Waals surface area contributed by atoms with Gasteiger partial charge < -0.3 is 13.9 Å². The zero-order valence-electron chi connectivity index (χ0n) is 35.4. The summed E-state index contributed by atoms with van der Waals surface area (Å²) >= 11 is 0. The Bertz CT molecular complexity index is 1820. The summed E-state index contributed by atoms with van der Waals surface area (Å²) in [5, 5.41) is 2.47. The van der Waals surface area contributed by atoms with Crippen LogP contribution in [0.4, 0.5) is 10.6 Å². The molecule has 0 fully saturated rings. The molecule has 4 aromatic rings. The van der Waals surface area contributed by atoms with E-state index in [4.69, 9.17) is 28.9 Å². The molecular weight excluding hydrogens is 729 g/mol. The van der Waals surface area contributed by atoms with Crippen LogP contribution < -0.4 is 15.3 Å². The smallest absolute Gasteiger partial charge is 0.416 e. The van der Waals surface area contributed by atoms with Crippen molar-refractivity contribution in [2.24, 2.45) is 0 Å². The first-order valence-corrected chi connectivity index (χ1v) is 22.9. The van der Waals surface area contributed by atoms with Crippen molar-refractivity contribution in [1.82, 2.24) is 15.0 Å². The Kier molecular flexibility index (Phi) is 15.6. The quantitative estimate of drug-likeness (QED) is 0.0558. The van der Waals surface area contributed by atoms with Crippen LogP contribution in [0.1, 0.15) is 128 Å². The lowest BCUT2D eigenvalue weighted by atomic mass is 9.92. The molecule has 0 saturated carbocycles. The van der Waals surface area contributed by atoms with Gasteiger partial charge in [0, 0.05) is 37.7 Å². The Morgan fingerprint density at radius 3 is 2.07 bits per heavy atom. The number of esters is 1. The van der Waals surface area contributed by atoms with E-state index in [-0.39, 0.29) is 23.0 Å². The van der Waals surface area contributed by atoms with E-state index in [0.717, 1.165) is 86.3 Å². The minimum absolute atomic E-state index is 0.00210. The van der Waals surface area contributed by atoms with Gasteiger partial charge in [0.15, 0.2) is 0 Å². The summed E-state index contributed by atoms with van der Waals surface area (Å²) in [6.45, 7) is 16.0. The maximum absolute atomic E-state index is 12.9. The summed E-state index contributed by atoms with van der Waals surface area (Å²) in [4.78, 5) is 41.7. The van der Waals surface area contributed by atoms with Crippen molar-refractivity contribution >= 4 is 36.6 Å². The number of hydrogen-bond donors (Lipinski definition) is 0. The molecule has 1 amide bonds. The number of hydrogen-bond acceptors (Lipinski definition) is 8. The van der Waals surface area contributed by atoms with Gasteiger partial charge in [0.05, 0.1) is 13.0 Å². The van der Waals surface area contributed by atoms with Crippen LogP contribution in [0.3, 0.4) is 0 Å². The van der Waals surface area contributed by atoms with E-state index in [1.54, 1.807) is 4.90 Å². The summed E-state index contributed by atoms with van der Waals surface area (Å²) in [7, 11) is -2.60. The minimum Gasteiger partial charge on any atom is -0.466 e. The van der Waals surface area contributed by atoms with Crippen LogP contribution in [-0.4, -0.2) is 60.7 Å². The Morgan fingerprint density at radius 1 is 0.807 bits per heavy atom. The lowest BCUT2D eigenvalue weighted by Gasteiger charge is -2.43. The van der Waals surface area contributed by atoms with Crippen molar-refractivity contribution in [1.29, 1.82) is 0 Å². The summed E-state index contributed by atoms with van der Waals surface area (Å²) in [5.41, 5.74) is 2.52. The van der Waals surface area contributed by atoms with E-state index in [2.05, 4.69) is 93.6 Å². The van der Waals surface area contributed by atoms with Crippen molar-refractivity contribution in [2.75, 3.05) is 24.7 Å². The summed E-state index contributed by atoms with van der Waals surface area (Å²) in [6.07, 6.45) is 12.9. The molecule has 0 unspecified atom stereocenters. The third-order valence-electron chi connectivity index (χ3n) is 10.6. The van der Waals surface area contributed by atoms with Crippen LogP contribution in [0.2, 0.25) is 5.04 Å². The second kappa shape index (κ2) is 20.3. The summed E-state index contributed by atoms with van der Waals surface area (Å²) < 4.78 is 18.1. The molecule has 3 heterocycles. The van der Waals surface area contributed by atoms with Crippen molar-refractivity contribution in [3.05, 3.63) is 108 Å². The third kappa shape index (κ3) is 12.1. The number of pyridine rings is 1.